The second kappa shape index (κ2) is 13.3. The normalized spacial score (nSPS) is 12.5. The van der Waals surface area contributed by atoms with Crippen molar-refractivity contribution < 1.29 is 9.13 Å². The molecule has 6 aromatic rings. The van der Waals surface area contributed by atoms with Crippen molar-refractivity contribution in [3.8, 4) is 0 Å². The number of hydrogen-bond acceptors (Lipinski definition) is 2. The quantitative estimate of drug-likeness (QED) is 0.122. The van der Waals surface area contributed by atoms with E-state index in [1.54, 1.807) is 0 Å². The molecule has 0 fully saturated rings. The van der Waals surface area contributed by atoms with Gasteiger partial charge in [-0.05, 0) is 23.3 Å². The fraction of sp³-hybridized carbons (Fsp3) is 0. The third-order valence-corrected chi connectivity index (χ3v) is 14.0. The zero-order valence-electron chi connectivity index (χ0n) is 24.2. The van der Waals surface area contributed by atoms with Gasteiger partial charge in [-0.25, -0.2) is 0 Å². The zero-order valence-corrected chi connectivity index (χ0v) is 26.0. The van der Waals surface area contributed by atoms with Crippen LogP contribution in [0.5, 0.6) is 0 Å². The Hall–Kier alpha value is -4.74. The van der Waals surface area contributed by atoms with E-state index < -0.39 is 14.3 Å². The fourth-order valence-electron chi connectivity index (χ4n) is 5.47. The Morgan fingerprint density at radius 3 is 0.750 bits per heavy atom. The standard InChI is InChI=1S/C40H32O2P2/c41-43(35-23-11-3-12-24-35,36-25-13-4-14-26-36)39(31-33-19-7-1-8-20-33)40(32-34-21-9-2-10-22-34)44(42,37-27-15-5-16-28-37)38-29-17-6-18-30-38/h1-32H/b39-31+,40-32+. The van der Waals surface area contributed by atoms with E-state index >= 15 is 9.13 Å². The summed E-state index contributed by atoms with van der Waals surface area (Å²) in [5, 5.41) is 3.81. The Bertz CT molecular complexity index is 1730. The van der Waals surface area contributed by atoms with Crippen molar-refractivity contribution in [2.24, 2.45) is 0 Å². The second-order valence-electron chi connectivity index (χ2n) is 10.4. The van der Waals surface area contributed by atoms with Gasteiger partial charge < -0.3 is 9.13 Å². The maximum atomic E-state index is 16.2. The Labute approximate surface area is 259 Å². The van der Waals surface area contributed by atoms with Crippen LogP contribution in [0.4, 0.5) is 0 Å². The summed E-state index contributed by atoms with van der Waals surface area (Å²) in [5.41, 5.74) is 1.75. The molecule has 0 saturated heterocycles. The van der Waals surface area contributed by atoms with Gasteiger partial charge in [0.15, 0.2) is 14.3 Å². The lowest BCUT2D eigenvalue weighted by Crippen LogP contribution is -2.23. The minimum Gasteiger partial charge on any atom is -0.309 e. The number of benzene rings is 6. The van der Waals surface area contributed by atoms with Crippen LogP contribution < -0.4 is 21.2 Å². The van der Waals surface area contributed by atoms with Gasteiger partial charge in [0.25, 0.3) is 0 Å². The molecule has 0 bridgehead atoms. The lowest BCUT2D eigenvalue weighted by atomic mass is 10.2. The molecule has 0 aliphatic carbocycles. The highest BCUT2D eigenvalue weighted by atomic mass is 31.2. The molecule has 4 heteroatoms. The predicted octanol–water partition coefficient (Wildman–Crippen LogP) is 9.10. The highest BCUT2D eigenvalue weighted by molar-refractivity contribution is 7.88. The fourth-order valence-corrected chi connectivity index (χ4v) is 11.8. The summed E-state index contributed by atoms with van der Waals surface area (Å²) in [4.78, 5) is 0. The molecule has 0 N–H and O–H groups in total. The average Bonchev–Trinajstić information content (AvgIpc) is 3.11. The highest BCUT2D eigenvalue weighted by Gasteiger charge is 2.42. The van der Waals surface area contributed by atoms with Crippen LogP contribution in [-0.4, -0.2) is 0 Å². The Kier molecular flexibility index (Phi) is 8.85. The van der Waals surface area contributed by atoms with Gasteiger partial charge >= 0.3 is 0 Å². The van der Waals surface area contributed by atoms with Crippen molar-refractivity contribution in [3.63, 3.8) is 0 Å². The van der Waals surface area contributed by atoms with Crippen molar-refractivity contribution in [2.45, 2.75) is 0 Å². The molecule has 214 valence electrons. The summed E-state index contributed by atoms with van der Waals surface area (Å²) < 4.78 is 32.5. The molecule has 0 atom stereocenters. The summed E-state index contributed by atoms with van der Waals surface area (Å²) in [6.07, 6.45) is 3.96. The van der Waals surface area contributed by atoms with Crippen LogP contribution in [-0.2, 0) is 9.13 Å². The van der Waals surface area contributed by atoms with E-state index in [-0.39, 0.29) is 0 Å². The first kappa shape index (κ1) is 29.3. The monoisotopic (exact) mass is 606 g/mol. The molecule has 44 heavy (non-hydrogen) atoms. The van der Waals surface area contributed by atoms with Crippen molar-refractivity contribution in [2.75, 3.05) is 0 Å². The molecule has 0 saturated carbocycles. The average molecular weight is 607 g/mol. The van der Waals surface area contributed by atoms with Crippen molar-refractivity contribution in [1.82, 2.24) is 0 Å². The zero-order chi connectivity index (χ0) is 30.2. The molecular formula is C40H32O2P2. The first-order valence-corrected chi connectivity index (χ1v) is 18.0. The Balaban J connectivity index is 1.79. The Morgan fingerprint density at radius 2 is 0.523 bits per heavy atom. The lowest BCUT2D eigenvalue weighted by Gasteiger charge is -2.30. The minimum atomic E-state index is -3.61. The number of rotatable bonds is 9. The summed E-state index contributed by atoms with van der Waals surface area (Å²) in [6.45, 7) is 0. The molecule has 0 aliphatic rings. The first-order valence-electron chi connectivity index (χ1n) is 14.6. The van der Waals surface area contributed by atoms with E-state index in [0.717, 1.165) is 11.1 Å². The van der Waals surface area contributed by atoms with Crippen LogP contribution in [0, 0.1) is 0 Å². The van der Waals surface area contributed by atoms with Gasteiger partial charge in [-0.15, -0.1) is 0 Å². The van der Waals surface area contributed by atoms with Gasteiger partial charge in [-0.2, -0.15) is 0 Å². The van der Waals surface area contributed by atoms with Gasteiger partial charge in [0.05, 0.1) is 0 Å². The first-order chi connectivity index (χ1) is 21.6. The topological polar surface area (TPSA) is 34.1 Å². The van der Waals surface area contributed by atoms with Crippen LogP contribution in [0.15, 0.2) is 193 Å². The third kappa shape index (κ3) is 5.88. The van der Waals surface area contributed by atoms with Crippen LogP contribution in [0.3, 0.4) is 0 Å². The maximum Gasteiger partial charge on any atom is 0.171 e. The van der Waals surface area contributed by atoms with Gasteiger partial charge in [0.1, 0.15) is 0 Å². The van der Waals surface area contributed by atoms with Crippen LogP contribution in [0.25, 0.3) is 12.2 Å². The number of allylic oxidation sites excluding steroid dienone is 2. The maximum absolute atomic E-state index is 16.2. The largest absolute Gasteiger partial charge is 0.309 e. The summed E-state index contributed by atoms with van der Waals surface area (Å²) >= 11 is 0. The van der Waals surface area contributed by atoms with Crippen molar-refractivity contribution >= 4 is 47.7 Å². The van der Waals surface area contributed by atoms with E-state index in [9.17, 15) is 0 Å². The smallest absolute Gasteiger partial charge is 0.171 e. The summed E-state index contributed by atoms with van der Waals surface area (Å²) in [5.74, 6) is 0. The van der Waals surface area contributed by atoms with Crippen LogP contribution in [0.1, 0.15) is 11.1 Å². The van der Waals surface area contributed by atoms with E-state index in [1.165, 1.54) is 0 Å². The SMILES string of the molecule is O=P(C(=C/c1ccccc1)/C(=C\c1ccccc1)P(=O)(c1ccccc1)c1ccccc1)(c1ccccc1)c1ccccc1. The Morgan fingerprint density at radius 1 is 0.318 bits per heavy atom. The van der Waals surface area contributed by atoms with E-state index in [2.05, 4.69) is 0 Å². The second-order valence-corrected chi connectivity index (χ2v) is 15.9. The lowest BCUT2D eigenvalue weighted by molar-refractivity contribution is 0.587. The van der Waals surface area contributed by atoms with Crippen molar-refractivity contribution in [1.29, 1.82) is 0 Å². The summed E-state index contributed by atoms with van der Waals surface area (Å²) in [7, 11) is -7.22. The highest BCUT2D eigenvalue weighted by Crippen LogP contribution is 2.66. The molecule has 2 nitrogen and oxygen atoms in total. The molecule has 0 aliphatic heterocycles. The molecular weight excluding hydrogens is 574 g/mol. The van der Waals surface area contributed by atoms with Crippen LogP contribution >= 0.6 is 14.3 Å². The molecule has 0 radical (unpaired) electrons. The molecule has 0 amide bonds. The molecule has 0 heterocycles. The number of hydrogen-bond donors (Lipinski definition) is 0. The van der Waals surface area contributed by atoms with Crippen LogP contribution in [0.2, 0.25) is 0 Å². The molecule has 6 aromatic carbocycles. The predicted molar refractivity (Wildman–Crippen MR) is 188 cm³/mol. The molecule has 0 aromatic heterocycles. The van der Waals surface area contributed by atoms with Gasteiger partial charge in [0, 0.05) is 31.8 Å². The van der Waals surface area contributed by atoms with Gasteiger partial charge in [0.2, 0.25) is 0 Å². The molecule has 0 spiro atoms. The third-order valence-electron chi connectivity index (χ3n) is 7.63. The van der Waals surface area contributed by atoms with E-state index in [1.807, 2.05) is 194 Å². The van der Waals surface area contributed by atoms with E-state index in [4.69, 9.17) is 0 Å². The summed E-state index contributed by atoms with van der Waals surface area (Å²) in [6, 6.07) is 58.2. The van der Waals surface area contributed by atoms with E-state index in [0.29, 0.717) is 31.8 Å². The minimum absolute atomic E-state index is 0.543. The van der Waals surface area contributed by atoms with Gasteiger partial charge in [-0.1, -0.05) is 182 Å². The molecule has 0 unspecified atom stereocenters. The molecule has 6 rings (SSSR count). The van der Waals surface area contributed by atoms with Crippen molar-refractivity contribution in [3.05, 3.63) is 204 Å². The van der Waals surface area contributed by atoms with Gasteiger partial charge in [-0.3, -0.25) is 0 Å².